The van der Waals surface area contributed by atoms with Gasteiger partial charge in [-0.2, -0.15) is 0 Å². The van der Waals surface area contributed by atoms with Gasteiger partial charge in [-0.3, -0.25) is 0 Å². The normalized spacial score (nSPS) is 8.17. The second-order valence-corrected chi connectivity index (χ2v) is 1.97. The molecule has 0 aromatic rings. The summed E-state index contributed by atoms with van der Waals surface area (Å²) >= 11 is 1.71. The van der Waals surface area contributed by atoms with Crippen molar-refractivity contribution >= 4 is 11.8 Å². The highest BCUT2D eigenvalue weighted by molar-refractivity contribution is 8.02. The summed E-state index contributed by atoms with van der Waals surface area (Å²) in [6.07, 6.45) is 0.997. The van der Waals surface area contributed by atoms with Gasteiger partial charge in [0.1, 0.15) is 0 Å². The van der Waals surface area contributed by atoms with E-state index in [1.807, 2.05) is 5.41 Å². The summed E-state index contributed by atoms with van der Waals surface area (Å²) in [5, 5.41) is 1.84. The Kier molecular flexibility index (Phi) is 5.17. The van der Waals surface area contributed by atoms with Gasteiger partial charge in [-0.1, -0.05) is 13.5 Å². The minimum Gasteiger partial charge on any atom is -0.135 e. The molecule has 0 aliphatic carbocycles. The van der Waals surface area contributed by atoms with Crippen LogP contribution in [0.1, 0.15) is 6.42 Å². The molecule has 0 heterocycles. The molecule has 0 aliphatic heterocycles. The Bertz CT molecular complexity index is 32.9. The van der Waals surface area contributed by atoms with Crippen LogP contribution < -0.4 is 0 Å². The summed E-state index contributed by atoms with van der Waals surface area (Å²) < 4.78 is 0. The smallest absolute Gasteiger partial charge is 0.00262 e. The van der Waals surface area contributed by atoms with Crippen molar-refractivity contribution < 1.29 is 0 Å². The highest BCUT2D eigenvalue weighted by Gasteiger charge is 1.71. The van der Waals surface area contributed by atoms with Crippen molar-refractivity contribution in [1.82, 2.24) is 0 Å². The van der Waals surface area contributed by atoms with Crippen molar-refractivity contribution in [1.29, 1.82) is 0 Å². The quantitative estimate of drug-likeness (QED) is 0.490. The summed E-state index contributed by atoms with van der Waals surface area (Å²) in [7, 11) is 0. The zero-order valence-electron chi connectivity index (χ0n) is 3.81. The molecule has 0 nitrogen and oxygen atoms in total. The Morgan fingerprint density at radius 2 is 2.33 bits per heavy atom. The average Bonchev–Trinajstić information content (AvgIpc) is 1.61. The van der Waals surface area contributed by atoms with Crippen molar-refractivity contribution in [2.45, 2.75) is 6.42 Å². The molecule has 0 N–H and O–H groups in total. The SMILES string of the molecule is [CH2]CCSC=C. The van der Waals surface area contributed by atoms with Crippen LogP contribution in [0, 0.1) is 6.92 Å². The van der Waals surface area contributed by atoms with Gasteiger partial charge in [-0.05, 0) is 17.6 Å². The van der Waals surface area contributed by atoms with Crippen molar-refractivity contribution in [3.05, 3.63) is 18.9 Å². The molecule has 0 aromatic carbocycles. The van der Waals surface area contributed by atoms with Crippen molar-refractivity contribution in [2.75, 3.05) is 5.75 Å². The fourth-order valence-corrected chi connectivity index (χ4v) is 0.500. The van der Waals surface area contributed by atoms with Crippen molar-refractivity contribution in [3.63, 3.8) is 0 Å². The number of thioether (sulfide) groups is 1. The lowest BCUT2D eigenvalue weighted by Gasteiger charge is -1.82. The minimum atomic E-state index is 0.997. The first kappa shape index (κ1) is 6.09. The molecule has 0 bridgehead atoms. The lowest BCUT2D eigenvalue weighted by molar-refractivity contribution is 1.25. The third-order valence-electron chi connectivity index (χ3n) is 0.380. The molecule has 0 aromatic heterocycles. The van der Waals surface area contributed by atoms with E-state index in [1.165, 1.54) is 0 Å². The van der Waals surface area contributed by atoms with Crippen LogP contribution in [0.3, 0.4) is 0 Å². The van der Waals surface area contributed by atoms with E-state index in [2.05, 4.69) is 13.5 Å². The maximum atomic E-state index is 3.65. The topological polar surface area (TPSA) is 0 Å². The van der Waals surface area contributed by atoms with Crippen LogP contribution >= 0.6 is 11.8 Å². The fourth-order valence-electron chi connectivity index (χ4n) is 0.167. The molecule has 0 saturated heterocycles. The van der Waals surface area contributed by atoms with Crippen molar-refractivity contribution in [3.8, 4) is 0 Å². The lowest BCUT2D eigenvalue weighted by Crippen LogP contribution is -1.64. The van der Waals surface area contributed by atoms with Crippen LogP contribution in [0.5, 0.6) is 0 Å². The van der Waals surface area contributed by atoms with E-state index >= 15 is 0 Å². The van der Waals surface area contributed by atoms with Crippen LogP contribution in [0.25, 0.3) is 0 Å². The summed E-state index contributed by atoms with van der Waals surface area (Å²) in [4.78, 5) is 0. The molecule has 1 heteroatoms. The molecule has 0 unspecified atom stereocenters. The van der Waals surface area contributed by atoms with Gasteiger partial charge < -0.3 is 0 Å². The maximum absolute atomic E-state index is 3.65. The fraction of sp³-hybridized carbons (Fsp3) is 0.400. The summed E-state index contributed by atoms with van der Waals surface area (Å²) in [6, 6.07) is 0. The monoisotopic (exact) mass is 101 g/mol. The predicted octanol–water partition coefficient (Wildman–Crippen LogP) is 2.09. The molecule has 0 amide bonds. The van der Waals surface area contributed by atoms with E-state index in [0.717, 1.165) is 12.2 Å². The zero-order valence-corrected chi connectivity index (χ0v) is 4.63. The molecular formula is C5H9S. The maximum Gasteiger partial charge on any atom is -0.00262 e. The zero-order chi connectivity index (χ0) is 4.83. The largest absolute Gasteiger partial charge is 0.135 e. The van der Waals surface area contributed by atoms with Gasteiger partial charge in [0.05, 0.1) is 0 Å². The summed E-state index contributed by atoms with van der Waals surface area (Å²) in [6.45, 7) is 7.19. The molecule has 0 spiro atoms. The van der Waals surface area contributed by atoms with Gasteiger partial charge in [0.25, 0.3) is 0 Å². The van der Waals surface area contributed by atoms with E-state index in [4.69, 9.17) is 0 Å². The van der Waals surface area contributed by atoms with Gasteiger partial charge in [-0.25, -0.2) is 0 Å². The van der Waals surface area contributed by atoms with Crippen LogP contribution in [0.2, 0.25) is 0 Å². The Morgan fingerprint density at radius 1 is 1.67 bits per heavy atom. The Balaban J connectivity index is 2.49. The van der Waals surface area contributed by atoms with Gasteiger partial charge in [0, 0.05) is 0 Å². The molecular weight excluding hydrogens is 92.1 g/mol. The first-order chi connectivity index (χ1) is 2.91. The number of rotatable bonds is 3. The Morgan fingerprint density at radius 3 is 2.50 bits per heavy atom. The number of hydrogen-bond donors (Lipinski definition) is 0. The molecule has 35 valence electrons. The third-order valence-corrected chi connectivity index (χ3v) is 1.14. The highest BCUT2D eigenvalue weighted by atomic mass is 32.2. The first-order valence-electron chi connectivity index (χ1n) is 1.93. The van der Waals surface area contributed by atoms with Gasteiger partial charge in [-0.15, -0.1) is 11.8 Å². The second-order valence-electron chi connectivity index (χ2n) is 0.891. The Hall–Kier alpha value is 0.0900. The van der Waals surface area contributed by atoms with Crippen molar-refractivity contribution in [2.24, 2.45) is 0 Å². The van der Waals surface area contributed by atoms with E-state index in [0.29, 0.717) is 0 Å². The summed E-state index contributed by atoms with van der Waals surface area (Å²) in [5.41, 5.74) is 0. The van der Waals surface area contributed by atoms with Crippen LogP contribution in [0.15, 0.2) is 12.0 Å². The van der Waals surface area contributed by atoms with Crippen LogP contribution in [-0.2, 0) is 0 Å². The lowest BCUT2D eigenvalue weighted by atomic mass is 10.6. The predicted molar refractivity (Wildman–Crippen MR) is 32.6 cm³/mol. The van der Waals surface area contributed by atoms with Crippen LogP contribution in [-0.4, -0.2) is 5.75 Å². The van der Waals surface area contributed by atoms with E-state index in [9.17, 15) is 0 Å². The van der Waals surface area contributed by atoms with Gasteiger partial charge >= 0.3 is 0 Å². The molecule has 1 radical (unpaired) electrons. The highest BCUT2D eigenvalue weighted by Crippen LogP contribution is 1.99. The van der Waals surface area contributed by atoms with E-state index in [-0.39, 0.29) is 0 Å². The third kappa shape index (κ3) is 4.09. The van der Waals surface area contributed by atoms with Gasteiger partial charge in [0.15, 0.2) is 0 Å². The van der Waals surface area contributed by atoms with E-state index < -0.39 is 0 Å². The summed E-state index contributed by atoms with van der Waals surface area (Å²) in [5.74, 6) is 1.10. The molecule has 0 saturated carbocycles. The molecule has 0 aliphatic rings. The molecule has 0 rings (SSSR count). The average molecular weight is 101 g/mol. The van der Waals surface area contributed by atoms with E-state index in [1.54, 1.807) is 11.8 Å². The second kappa shape index (κ2) is 5.09. The standard InChI is InChI=1S/C5H9S/c1-3-5-6-4-2/h4H,1-3,5H2. The minimum absolute atomic E-state index is 0.997. The first-order valence-corrected chi connectivity index (χ1v) is 2.98. The number of hydrogen-bond acceptors (Lipinski definition) is 1. The van der Waals surface area contributed by atoms with Gasteiger partial charge in [0.2, 0.25) is 0 Å². The molecule has 0 fully saturated rings. The Labute approximate surface area is 43.6 Å². The molecule has 6 heavy (non-hydrogen) atoms. The molecule has 0 atom stereocenters. The van der Waals surface area contributed by atoms with Crippen LogP contribution in [0.4, 0.5) is 0 Å².